The number of aromatic nitrogens is 1. The van der Waals surface area contributed by atoms with E-state index in [1.165, 1.54) is 16.9 Å². The van der Waals surface area contributed by atoms with Gasteiger partial charge in [0, 0.05) is 16.1 Å². The van der Waals surface area contributed by atoms with Crippen molar-refractivity contribution in [1.82, 2.24) is 4.57 Å². The Morgan fingerprint density at radius 1 is 1.03 bits per heavy atom. The third-order valence-corrected chi connectivity index (χ3v) is 8.02. The highest BCUT2D eigenvalue weighted by Gasteiger charge is 2.32. The van der Waals surface area contributed by atoms with Gasteiger partial charge in [-0.05, 0) is 65.9 Å². The number of halogens is 1. The van der Waals surface area contributed by atoms with Crippen molar-refractivity contribution in [3.8, 4) is 11.5 Å². The summed E-state index contributed by atoms with van der Waals surface area (Å²) in [6, 6.07) is 21.5. The number of allylic oxidation sites excluding steroid dienone is 1. The zero-order chi connectivity index (χ0) is 24.8. The molecule has 5 nitrogen and oxygen atoms in total. The van der Waals surface area contributed by atoms with Crippen LogP contribution in [0.3, 0.4) is 0 Å². The van der Waals surface area contributed by atoms with Gasteiger partial charge in [0.2, 0.25) is 0 Å². The van der Waals surface area contributed by atoms with E-state index in [-0.39, 0.29) is 11.6 Å². The molecule has 1 atom stereocenters. The van der Waals surface area contributed by atoms with Crippen LogP contribution in [0.4, 0.5) is 0 Å². The molecule has 2 heterocycles. The number of hydrogen-bond acceptors (Lipinski definition) is 5. The number of aryl methyl sites for hydroxylation is 1. The van der Waals surface area contributed by atoms with Crippen molar-refractivity contribution in [1.29, 1.82) is 0 Å². The molecule has 7 heteroatoms. The maximum Gasteiger partial charge on any atom is 0.271 e. The first kappa shape index (κ1) is 22.8. The minimum atomic E-state index is -0.240. The predicted molar refractivity (Wildman–Crippen MR) is 144 cm³/mol. The first-order valence-corrected chi connectivity index (χ1v) is 12.9. The van der Waals surface area contributed by atoms with Gasteiger partial charge in [-0.1, -0.05) is 59.3 Å². The van der Waals surface area contributed by atoms with Crippen molar-refractivity contribution in [2.75, 3.05) is 14.2 Å². The summed E-state index contributed by atoms with van der Waals surface area (Å²) in [7, 11) is 3.24. The number of ether oxygens (including phenoxy) is 2. The summed E-state index contributed by atoms with van der Waals surface area (Å²) in [6.45, 7) is 0. The van der Waals surface area contributed by atoms with Gasteiger partial charge in [-0.15, -0.1) is 0 Å². The summed E-state index contributed by atoms with van der Waals surface area (Å²) in [5, 5.41) is 0.666. The number of hydrogen-bond donors (Lipinski definition) is 0. The molecular weight excluding hydrogens is 492 g/mol. The van der Waals surface area contributed by atoms with Crippen molar-refractivity contribution >= 4 is 34.7 Å². The van der Waals surface area contributed by atoms with Crippen LogP contribution in [-0.2, 0) is 6.42 Å². The third kappa shape index (κ3) is 3.77. The summed E-state index contributed by atoms with van der Waals surface area (Å²) in [5.41, 5.74) is 6.29. The molecule has 0 spiro atoms. The lowest BCUT2D eigenvalue weighted by molar-refractivity contribution is 0.402. The maximum atomic E-state index is 13.9. The molecule has 2 aliphatic rings. The van der Waals surface area contributed by atoms with Crippen molar-refractivity contribution in [3.05, 3.63) is 119 Å². The van der Waals surface area contributed by atoms with Crippen LogP contribution < -0.4 is 24.4 Å². The van der Waals surface area contributed by atoms with Gasteiger partial charge in [-0.25, -0.2) is 4.99 Å². The van der Waals surface area contributed by atoms with Crippen LogP contribution in [-0.4, -0.2) is 18.8 Å². The summed E-state index contributed by atoms with van der Waals surface area (Å²) in [4.78, 5) is 19.6. The molecule has 1 unspecified atom stereocenters. The summed E-state index contributed by atoms with van der Waals surface area (Å²) in [5.74, 6) is 1.37. The molecular formula is C29H23ClN2O3S. The Bertz CT molecular complexity index is 1700. The van der Waals surface area contributed by atoms with Gasteiger partial charge in [0.15, 0.2) is 4.80 Å². The molecule has 1 aromatic heterocycles. The summed E-state index contributed by atoms with van der Waals surface area (Å²) in [6.07, 6.45) is 3.62. The second kappa shape index (κ2) is 9.12. The first-order valence-electron chi connectivity index (χ1n) is 11.7. The quantitative estimate of drug-likeness (QED) is 0.385. The molecule has 3 aromatic carbocycles. The Hall–Kier alpha value is -3.61. The fraction of sp³-hybridized carbons (Fsp3) is 0.172. The van der Waals surface area contributed by atoms with E-state index in [1.807, 2.05) is 59.2 Å². The molecule has 36 heavy (non-hydrogen) atoms. The lowest BCUT2D eigenvalue weighted by Gasteiger charge is -2.30. The molecule has 4 aromatic rings. The Balaban J connectivity index is 1.62. The van der Waals surface area contributed by atoms with Crippen LogP contribution in [0.1, 0.15) is 34.7 Å². The smallest absolute Gasteiger partial charge is 0.271 e. The number of benzene rings is 3. The van der Waals surface area contributed by atoms with Gasteiger partial charge in [0.1, 0.15) is 11.5 Å². The minimum absolute atomic E-state index is 0.0750. The lowest BCUT2D eigenvalue weighted by atomic mass is 9.83. The SMILES string of the molecule is COc1ccc(OC)c(C=c2sc3n(c2=O)C(c2ccc(Cl)cc2)C2=C(N=3)c3ccccc3CC2)c1. The number of methoxy groups -OCH3 is 2. The number of fused-ring (bicyclic) bond motifs is 3. The van der Waals surface area contributed by atoms with Crippen molar-refractivity contribution in [2.24, 2.45) is 4.99 Å². The molecule has 0 N–H and O–H groups in total. The topological polar surface area (TPSA) is 52.8 Å². The van der Waals surface area contributed by atoms with Crippen molar-refractivity contribution in [3.63, 3.8) is 0 Å². The number of thiazole rings is 1. The average molecular weight is 515 g/mol. The van der Waals surface area contributed by atoms with Crippen LogP contribution >= 0.6 is 22.9 Å². The maximum absolute atomic E-state index is 13.9. The molecule has 0 fully saturated rings. The second-order valence-corrected chi connectivity index (χ2v) is 10.2. The molecule has 0 bridgehead atoms. The van der Waals surface area contributed by atoms with Gasteiger partial charge in [0.25, 0.3) is 5.56 Å². The Morgan fingerprint density at radius 2 is 1.83 bits per heavy atom. The van der Waals surface area contributed by atoms with Crippen LogP contribution in [0.15, 0.2) is 82.1 Å². The molecule has 6 rings (SSSR count). The fourth-order valence-electron chi connectivity index (χ4n) is 5.06. The lowest BCUT2D eigenvalue weighted by Crippen LogP contribution is -2.38. The van der Waals surface area contributed by atoms with Gasteiger partial charge in [-0.2, -0.15) is 0 Å². The molecule has 180 valence electrons. The molecule has 1 aliphatic heterocycles. The Labute approximate surface area is 217 Å². The highest BCUT2D eigenvalue weighted by Crippen LogP contribution is 2.41. The van der Waals surface area contributed by atoms with Gasteiger partial charge in [-0.3, -0.25) is 9.36 Å². The van der Waals surface area contributed by atoms with E-state index in [1.54, 1.807) is 14.2 Å². The zero-order valence-electron chi connectivity index (χ0n) is 19.8. The number of rotatable bonds is 4. The van der Waals surface area contributed by atoms with Crippen LogP contribution in [0.5, 0.6) is 11.5 Å². The van der Waals surface area contributed by atoms with E-state index in [9.17, 15) is 4.79 Å². The van der Waals surface area contributed by atoms with Crippen LogP contribution in [0.25, 0.3) is 11.8 Å². The zero-order valence-corrected chi connectivity index (χ0v) is 21.4. The summed E-state index contributed by atoms with van der Waals surface area (Å²) >= 11 is 7.60. The molecule has 1 aliphatic carbocycles. The standard InChI is InChI=1S/C29H23ClN2O3S/c1-34-21-12-14-24(35-2)19(15-21)16-25-28(33)32-27(18-7-10-20(30)11-8-18)23-13-9-17-5-3-4-6-22(17)26(23)31-29(32)36-25/h3-8,10-12,14-16,27H,9,13H2,1-2H3. The van der Waals surface area contributed by atoms with Crippen LogP contribution in [0, 0.1) is 0 Å². The van der Waals surface area contributed by atoms with Crippen LogP contribution in [0.2, 0.25) is 5.02 Å². The number of nitrogens with zero attached hydrogens (tertiary/aromatic N) is 2. The molecule has 0 saturated heterocycles. The van der Waals surface area contributed by atoms with E-state index in [2.05, 4.69) is 18.2 Å². The third-order valence-electron chi connectivity index (χ3n) is 6.78. The minimum Gasteiger partial charge on any atom is -0.497 e. The van der Waals surface area contributed by atoms with Gasteiger partial charge < -0.3 is 9.47 Å². The Morgan fingerprint density at radius 3 is 2.61 bits per heavy atom. The molecule has 0 amide bonds. The largest absolute Gasteiger partial charge is 0.497 e. The van der Waals surface area contributed by atoms with E-state index < -0.39 is 0 Å². The van der Waals surface area contributed by atoms with E-state index in [0.29, 0.717) is 25.9 Å². The second-order valence-electron chi connectivity index (χ2n) is 8.77. The predicted octanol–water partition coefficient (Wildman–Crippen LogP) is 4.99. The average Bonchev–Trinajstić information content (AvgIpc) is 3.22. The highest BCUT2D eigenvalue weighted by atomic mass is 35.5. The van der Waals surface area contributed by atoms with Crippen molar-refractivity contribution in [2.45, 2.75) is 18.9 Å². The summed E-state index contributed by atoms with van der Waals surface area (Å²) < 4.78 is 13.4. The van der Waals surface area contributed by atoms with E-state index >= 15 is 0 Å². The molecule has 0 saturated carbocycles. The Kier molecular flexibility index (Phi) is 5.78. The van der Waals surface area contributed by atoms with Crippen molar-refractivity contribution < 1.29 is 9.47 Å². The van der Waals surface area contributed by atoms with Gasteiger partial charge >= 0.3 is 0 Å². The van der Waals surface area contributed by atoms with E-state index in [0.717, 1.165) is 40.8 Å². The highest BCUT2D eigenvalue weighted by molar-refractivity contribution is 7.07. The van der Waals surface area contributed by atoms with E-state index in [4.69, 9.17) is 26.1 Å². The monoisotopic (exact) mass is 514 g/mol. The first-order chi connectivity index (χ1) is 17.6. The van der Waals surface area contributed by atoms with Gasteiger partial charge in [0.05, 0.1) is 30.5 Å². The fourth-order valence-corrected chi connectivity index (χ4v) is 6.18. The normalized spacial score (nSPS) is 16.6. The molecule has 0 radical (unpaired) electrons.